The average molecular weight is 287 g/mol. The summed E-state index contributed by atoms with van der Waals surface area (Å²) in [7, 11) is 1.68. The molecule has 0 saturated carbocycles. The zero-order valence-corrected chi connectivity index (χ0v) is 11.9. The lowest BCUT2D eigenvalue weighted by Crippen LogP contribution is -2.17. The van der Waals surface area contributed by atoms with Gasteiger partial charge in [0.25, 0.3) is 5.69 Å². The number of nitrogens with zero attached hydrogens (tertiary/aromatic N) is 2. The molecule has 6 heteroatoms. The number of aryl methyl sites for hydroxylation is 1. The van der Waals surface area contributed by atoms with E-state index in [4.69, 9.17) is 0 Å². The van der Waals surface area contributed by atoms with Gasteiger partial charge in [-0.2, -0.15) is 0 Å². The summed E-state index contributed by atoms with van der Waals surface area (Å²) in [6.45, 7) is 2.00. The van der Waals surface area contributed by atoms with E-state index in [1.807, 2.05) is 13.0 Å². The minimum Gasteiger partial charge on any atom is -0.377 e. The predicted molar refractivity (Wildman–Crippen MR) is 81.4 cm³/mol. The Bertz CT molecular complexity index is 709. The molecule has 110 valence electrons. The second-order valence-corrected chi connectivity index (χ2v) is 4.82. The van der Waals surface area contributed by atoms with Crippen molar-refractivity contribution in [3.63, 3.8) is 0 Å². The number of rotatable bonds is 5. The van der Waals surface area contributed by atoms with Crippen LogP contribution in [0.25, 0.3) is 0 Å². The van der Waals surface area contributed by atoms with E-state index in [0.29, 0.717) is 0 Å². The van der Waals surface area contributed by atoms with Crippen molar-refractivity contribution in [2.24, 2.45) is 7.05 Å². The fraction of sp³-hybridized carbons (Fsp3) is 0.267. The standard InChI is InChI=1S/C15H17N3O3/c1-3-14(11-5-4-6-13(9-11)18(20)21)16-12-7-8-15(19)17(2)10-12/h4-10,14,16H,3H2,1-2H3. The molecule has 2 aromatic rings. The smallest absolute Gasteiger partial charge is 0.269 e. The molecular formula is C15H17N3O3. The van der Waals surface area contributed by atoms with E-state index >= 15 is 0 Å². The van der Waals surface area contributed by atoms with Gasteiger partial charge >= 0.3 is 0 Å². The number of nitro groups is 1. The summed E-state index contributed by atoms with van der Waals surface area (Å²) in [6.07, 6.45) is 2.48. The maximum Gasteiger partial charge on any atom is 0.269 e. The second-order valence-electron chi connectivity index (χ2n) is 4.82. The molecule has 1 atom stereocenters. The third kappa shape index (κ3) is 3.47. The molecule has 0 spiro atoms. The lowest BCUT2D eigenvalue weighted by atomic mass is 10.0. The summed E-state index contributed by atoms with van der Waals surface area (Å²) in [5.41, 5.74) is 1.65. The fourth-order valence-electron chi connectivity index (χ4n) is 2.16. The van der Waals surface area contributed by atoms with E-state index in [1.165, 1.54) is 16.7 Å². The van der Waals surface area contributed by atoms with E-state index in [0.717, 1.165) is 17.7 Å². The maximum atomic E-state index is 11.4. The quantitative estimate of drug-likeness (QED) is 0.677. The van der Waals surface area contributed by atoms with Crippen LogP contribution in [0, 0.1) is 10.1 Å². The van der Waals surface area contributed by atoms with E-state index in [1.54, 1.807) is 31.4 Å². The van der Waals surface area contributed by atoms with E-state index in [-0.39, 0.29) is 17.3 Å². The van der Waals surface area contributed by atoms with Crippen LogP contribution in [0.3, 0.4) is 0 Å². The van der Waals surface area contributed by atoms with Crippen LogP contribution in [0.1, 0.15) is 24.9 Å². The molecule has 6 nitrogen and oxygen atoms in total. The minimum absolute atomic E-state index is 0.0533. The van der Waals surface area contributed by atoms with Crippen LogP contribution < -0.4 is 10.9 Å². The van der Waals surface area contributed by atoms with E-state index in [9.17, 15) is 14.9 Å². The van der Waals surface area contributed by atoms with Crippen molar-refractivity contribution in [3.05, 3.63) is 68.6 Å². The molecular weight excluding hydrogens is 270 g/mol. The maximum absolute atomic E-state index is 11.4. The Morgan fingerprint density at radius 1 is 1.33 bits per heavy atom. The normalized spacial score (nSPS) is 11.9. The Kier molecular flexibility index (Phi) is 4.37. The van der Waals surface area contributed by atoms with Crippen LogP contribution in [0.15, 0.2) is 47.4 Å². The van der Waals surface area contributed by atoms with Crippen molar-refractivity contribution in [2.75, 3.05) is 5.32 Å². The molecule has 1 heterocycles. The molecule has 1 aromatic heterocycles. The van der Waals surface area contributed by atoms with Crippen LogP contribution in [0.5, 0.6) is 0 Å². The van der Waals surface area contributed by atoms with Crippen molar-refractivity contribution in [2.45, 2.75) is 19.4 Å². The molecule has 1 aromatic carbocycles. The third-order valence-electron chi connectivity index (χ3n) is 3.32. The Balaban J connectivity index is 2.27. The lowest BCUT2D eigenvalue weighted by molar-refractivity contribution is -0.384. The molecule has 0 aliphatic carbocycles. The highest BCUT2D eigenvalue weighted by atomic mass is 16.6. The molecule has 2 rings (SSSR count). The highest BCUT2D eigenvalue weighted by Gasteiger charge is 2.13. The van der Waals surface area contributed by atoms with Gasteiger partial charge in [0, 0.05) is 31.4 Å². The SMILES string of the molecule is CCC(Nc1ccc(=O)n(C)c1)c1cccc([N+](=O)[O-])c1. The van der Waals surface area contributed by atoms with Gasteiger partial charge in [0.15, 0.2) is 0 Å². The van der Waals surface area contributed by atoms with Crippen molar-refractivity contribution in [3.8, 4) is 0 Å². The van der Waals surface area contributed by atoms with Crippen LogP contribution in [0.4, 0.5) is 11.4 Å². The molecule has 0 saturated heterocycles. The van der Waals surface area contributed by atoms with Crippen LogP contribution in [-0.2, 0) is 7.05 Å². The summed E-state index contributed by atoms with van der Waals surface area (Å²) >= 11 is 0. The highest BCUT2D eigenvalue weighted by Crippen LogP contribution is 2.25. The summed E-state index contributed by atoms with van der Waals surface area (Å²) in [5, 5.41) is 14.1. The molecule has 0 bridgehead atoms. The third-order valence-corrected chi connectivity index (χ3v) is 3.32. The summed E-state index contributed by atoms with van der Waals surface area (Å²) in [4.78, 5) is 21.8. The average Bonchev–Trinajstić information content (AvgIpc) is 2.48. The van der Waals surface area contributed by atoms with Gasteiger partial charge in [0.2, 0.25) is 5.56 Å². The predicted octanol–water partition coefficient (Wildman–Crippen LogP) is 2.86. The Hall–Kier alpha value is -2.63. The largest absolute Gasteiger partial charge is 0.377 e. The van der Waals surface area contributed by atoms with E-state index in [2.05, 4.69) is 5.32 Å². The number of hydrogen-bond donors (Lipinski definition) is 1. The molecule has 0 amide bonds. The summed E-state index contributed by atoms with van der Waals surface area (Å²) in [5.74, 6) is 0. The number of hydrogen-bond acceptors (Lipinski definition) is 4. The van der Waals surface area contributed by atoms with Gasteiger partial charge in [-0.15, -0.1) is 0 Å². The van der Waals surface area contributed by atoms with Gasteiger partial charge in [-0.3, -0.25) is 14.9 Å². The number of non-ortho nitro benzene ring substituents is 1. The fourth-order valence-corrected chi connectivity index (χ4v) is 2.16. The Morgan fingerprint density at radius 2 is 2.10 bits per heavy atom. The van der Waals surface area contributed by atoms with Gasteiger partial charge in [-0.25, -0.2) is 0 Å². The number of aromatic nitrogens is 1. The topological polar surface area (TPSA) is 77.2 Å². The van der Waals surface area contributed by atoms with Gasteiger partial charge in [0.05, 0.1) is 16.7 Å². The number of nitrogens with one attached hydrogen (secondary N) is 1. The van der Waals surface area contributed by atoms with Crippen LogP contribution in [0.2, 0.25) is 0 Å². The van der Waals surface area contributed by atoms with Crippen LogP contribution >= 0.6 is 0 Å². The summed E-state index contributed by atoms with van der Waals surface area (Å²) < 4.78 is 1.49. The molecule has 1 N–H and O–H groups in total. The number of pyridine rings is 1. The minimum atomic E-state index is -0.400. The first-order valence-electron chi connectivity index (χ1n) is 6.69. The number of anilines is 1. The van der Waals surface area contributed by atoms with Crippen molar-refractivity contribution >= 4 is 11.4 Å². The molecule has 1 unspecified atom stereocenters. The van der Waals surface area contributed by atoms with Gasteiger partial charge in [-0.1, -0.05) is 19.1 Å². The van der Waals surface area contributed by atoms with Crippen LogP contribution in [-0.4, -0.2) is 9.49 Å². The Labute approximate surface area is 122 Å². The zero-order valence-electron chi connectivity index (χ0n) is 11.9. The van der Waals surface area contributed by atoms with Gasteiger partial charge in [0.1, 0.15) is 0 Å². The molecule has 0 radical (unpaired) electrons. The van der Waals surface area contributed by atoms with Crippen molar-refractivity contribution in [1.82, 2.24) is 4.57 Å². The molecule has 0 aliphatic rings. The number of nitro benzene ring substituents is 1. The Morgan fingerprint density at radius 3 is 2.71 bits per heavy atom. The first-order chi connectivity index (χ1) is 10.0. The van der Waals surface area contributed by atoms with Crippen molar-refractivity contribution in [1.29, 1.82) is 0 Å². The summed E-state index contributed by atoms with van der Waals surface area (Å²) in [6, 6.07) is 9.73. The lowest BCUT2D eigenvalue weighted by Gasteiger charge is -2.19. The molecule has 0 aliphatic heterocycles. The highest BCUT2D eigenvalue weighted by molar-refractivity contribution is 5.45. The zero-order chi connectivity index (χ0) is 15.4. The van der Waals surface area contributed by atoms with E-state index < -0.39 is 4.92 Å². The number of benzene rings is 1. The monoisotopic (exact) mass is 287 g/mol. The first kappa shape index (κ1) is 14.8. The first-order valence-corrected chi connectivity index (χ1v) is 6.69. The van der Waals surface area contributed by atoms with Crippen molar-refractivity contribution < 1.29 is 4.92 Å². The molecule has 0 fully saturated rings. The molecule has 21 heavy (non-hydrogen) atoms. The van der Waals surface area contributed by atoms with Gasteiger partial charge < -0.3 is 9.88 Å². The second kappa shape index (κ2) is 6.21. The van der Waals surface area contributed by atoms with Gasteiger partial charge in [-0.05, 0) is 18.1 Å².